The molecule has 88 valence electrons. The Labute approximate surface area is 90.8 Å². The van der Waals surface area contributed by atoms with Crippen molar-refractivity contribution in [1.82, 2.24) is 0 Å². The molecule has 2 unspecified atom stereocenters. The molecule has 0 aromatic carbocycles. The molecule has 0 amide bonds. The van der Waals surface area contributed by atoms with E-state index in [-0.39, 0.29) is 6.10 Å². The number of carbonyl (C=O) groups is 1. The zero-order chi connectivity index (χ0) is 11.4. The molecule has 4 nitrogen and oxygen atoms in total. The fraction of sp³-hybridized carbons (Fsp3) is 0.909. The van der Waals surface area contributed by atoms with Crippen LogP contribution in [0.3, 0.4) is 0 Å². The summed E-state index contributed by atoms with van der Waals surface area (Å²) in [5.41, 5.74) is 5.49. The number of esters is 1. The summed E-state index contributed by atoms with van der Waals surface area (Å²) in [7, 11) is 0. The van der Waals surface area contributed by atoms with E-state index in [4.69, 9.17) is 15.6 Å². The maximum atomic E-state index is 11.5. The van der Waals surface area contributed by atoms with Crippen LogP contribution in [0.2, 0.25) is 0 Å². The fourth-order valence-corrected chi connectivity index (χ4v) is 1.93. The molecule has 0 spiro atoms. The molecule has 3 N–H and O–H groups in total. The Morgan fingerprint density at radius 1 is 1.53 bits per heavy atom. The zero-order valence-electron chi connectivity index (χ0n) is 9.48. The average molecular weight is 215 g/mol. The summed E-state index contributed by atoms with van der Waals surface area (Å²) in [6, 6.07) is -0.915. The number of rotatable bonds is 3. The second-order valence-electron chi connectivity index (χ2n) is 4.60. The maximum absolute atomic E-state index is 11.5. The summed E-state index contributed by atoms with van der Waals surface area (Å²) in [5.74, 6) is 0.128. The van der Waals surface area contributed by atoms with Gasteiger partial charge in [0, 0.05) is 0 Å². The van der Waals surface area contributed by atoms with Crippen molar-refractivity contribution in [3.8, 4) is 0 Å². The second-order valence-corrected chi connectivity index (χ2v) is 4.60. The molecule has 0 saturated heterocycles. The monoisotopic (exact) mass is 215 g/mol. The van der Waals surface area contributed by atoms with Crippen molar-refractivity contribution in [1.29, 1.82) is 0 Å². The molecule has 1 fully saturated rings. The van der Waals surface area contributed by atoms with Crippen LogP contribution in [0.25, 0.3) is 0 Å². The Kier molecular flexibility index (Phi) is 4.54. The van der Waals surface area contributed by atoms with E-state index in [1.54, 1.807) is 0 Å². The van der Waals surface area contributed by atoms with Crippen LogP contribution in [-0.4, -0.2) is 29.3 Å². The molecule has 0 aromatic heterocycles. The minimum Gasteiger partial charge on any atom is -0.461 e. The Balaban J connectivity index is 2.37. The predicted octanol–water partition coefficient (Wildman–Crippen LogP) is 0.816. The van der Waals surface area contributed by atoms with Gasteiger partial charge in [0.05, 0.1) is 6.10 Å². The van der Waals surface area contributed by atoms with E-state index < -0.39 is 18.1 Å². The number of hydrogen-bond donors (Lipinski definition) is 2. The Hall–Kier alpha value is -0.610. The van der Waals surface area contributed by atoms with Gasteiger partial charge in [-0.05, 0) is 32.1 Å². The lowest BCUT2D eigenvalue weighted by Crippen LogP contribution is -2.43. The minimum atomic E-state index is -0.915. The van der Waals surface area contributed by atoms with E-state index in [0.29, 0.717) is 5.92 Å². The summed E-state index contributed by atoms with van der Waals surface area (Å²) in [6.07, 6.45) is 3.28. The maximum Gasteiger partial charge on any atom is 0.325 e. The molecular weight excluding hydrogens is 194 g/mol. The summed E-state index contributed by atoms with van der Waals surface area (Å²) in [4.78, 5) is 11.5. The molecule has 4 heteroatoms. The number of nitrogens with two attached hydrogens (primary N) is 1. The molecule has 1 rings (SSSR count). The van der Waals surface area contributed by atoms with Gasteiger partial charge in [0.25, 0.3) is 0 Å². The third kappa shape index (κ3) is 3.80. The summed E-state index contributed by atoms with van der Waals surface area (Å²) >= 11 is 0. The zero-order valence-corrected chi connectivity index (χ0v) is 9.48. The van der Waals surface area contributed by atoms with E-state index in [1.807, 2.05) is 0 Å². The Morgan fingerprint density at radius 2 is 2.20 bits per heavy atom. The van der Waals surface area contributed by atoms with E-state index in [2.05, 4.69) is 6.92 Å². The van der Waals surface area contributed by atoms with Crippen molar-refractivity contribution in [3.05, 3.63) is 0 Å². The highest BCUT2D eigenvalue weighted by Crippen LogP contribution is 2.25. The van der Waals surface area contributed by atoms with E-state index in [0.717, 1.165) is 19.3 Å². The van der Waals surface area contributed by atoms with Crippen LogP contribution >= 0.6 is 0 Å². The first-order valence-electron chi connectivity index (χ1n) is 5.65. The molecule has 0 aromatic rings. The van der Waals surface area contributed by atoms with Crippen LogP contribution in [-0.2, 0) is 9.53 Å². The van der Waals surface area contributed by atoms with Crippen molar-refractivity contribution < 1.29 is 14.6 Å². The molecule has 0 bridgehead atoms. The van der Waals surface area contributed by atoms with Gasteiger partial charge in [-0.3, -0.25) is 4.79 Å². The van der Waals surface area contributed by atoms with E-state index in [1.165, 1.54) is 13.3 Å². The van der Waals surface area contributed by atoms with Crippen LogP contribution in [0.4, 0.5) is 0 Å². The largest absolute Gasteiger partial charge is 0.461 e. The van der Waals surface area contributed by atoms with Gasteiger partial charge >= 0.3 is 5.97 Å². The van der Waals surface area contributed by atoms with Gasteiger partial charge in [0.15, 0.2) is 0 Å². The topological polar surface area (TPSA) is 72.5 Å². The normalized spacial score (nSPS) is 30.7. The number of ether oxygens (including phenoxy) is 1. The standard InChI is InChI=1S/C11H21NO3/c1-7-4-3-5-9(6-7)15-11(14)10(12)8(2)13/h7-10,13H,3-6,12H2,1-2H3/t7?,8-,9?,10+/m1/s1. The molecule has 4 atom stereocenters. The van der Waals surface area contributed by atoms with Crippen LogP contribution < -0.4 is 5.73 Å². The molecule has 0 radical (unpaired) electrons. The van der Waals surface area contributed by atoms with E-state index in [9.17, 15) is 4.79 Å². The smallest absolute Gasteiger partial charge is 0.325 e. The van der Waals surface area contributed by atoms with E-state index >= 15 is 0 Å². The molecular formula is C11H21NO3. The summed E-state index contributed by atoms with van der Waals surface area (Å²) in [5, 5.41) is 9.15. The quantitative estimate of drug-likeness (QED) is 0.683. The van der Waals surface area contributed by atoms with Crippen LogP contribution in [0.1, 0.15) is 39.5 Å². The Morgan fingerprint density at radius 3 is 2.73 bits per heavy atom. The lowest BCUT2D eigenvalue weighted by atomic mass is 9.89. The minimum absolute atomic E-state index is 0.00829. The van der Waals surface area contributed by atoms with Gasteiger partial charge < -0.3 is 15.6 Å². The second kappa shape index (κ2) is 5.47. The summed E-state index contributed by atoms with van der Waals surface area (Å²) < 4.78 is 5.26. The highest BCUT2D eigenvalue weighted by molar-refractivity contribution is 5.76. The van der Waals surface area contributed by atoms with Crippen molar-refractivity contribution >= 4 is 5.97 Å². The number of carbonyl (C=O) groups excluding carboxylic acids is 1. The van der Waals surface area contributed by atoms with Gasteiger partial charge in [-0.1, -0.05) is 13.3 Å². The predicted molar refractivity (Wildman–Crippen MR) is 57.2 cm³/mol. The number of hydrogen-bond acceptors (Lipinski definition) is 4. The lowest BCUT2D eigenvalue weighted by Gasteiger charge is -2.27. The van der Waals surface area contributed by atoms with Gasteiger partial charge in [0.1, 0.15) is 12.1 Å². The SMILES string of the molecule is CC1CCCC(OC(=O)[C@@H](N)[C@@H](C)O)C1. The first-order chi connectivity index (χ1) is 7.00. The average Bonchev–Trinajstić information content (AvgIpc) is 2.16. The molecule has 1 aliphatic carbocycles. The highest BCUT2D eigenvalue weighted by atomic mass is 16.5. The lowest BCUT2D eigenvalue weighted by molar-refractivity contribution is -0.155. The van der Waals surface area contributed by atoms with Gasteiger partial charge in [-0.2, -0.15) is 0 Å². The first-order valence-corrected chi connectivity index (χ1v) is 5.65. The van der Waals surface area contributed by atoms with Crippen molar-refractivity contribution in [2.24, 2.45) is 11.7 Å². The van der Waals surface area contributed by atoms with Crippen molar-refractivity contribution in [2.75, 3.05) is 0 Å². The van der Waals surface area contributed by atoms with Gasteiger partial charge in [-0.25, -0.2) is 0 Å². The molecule has 15 heavy (non-hydrogen) atoms. The highest BCUT2D eigenvalue weighted by Gasteiger charge is 2.26. The van der Waals surface area contributed by atoms with Crippen LogP contribution in [0.5, 0.6) is 0 Å². The van der Waals surface area contributed by atoms with Crippen molar-refractivity contribution in [3.63, 3.8) is 0 Å². The molecule has 0 aliphatic heterocycles. The fourth-order valence-electron chi connectivity index (χ4n) is 1.93. The van der Waals surface area contributed by atoms with Crippen LogP contribution in [0.15, 0.2) is 0 Å². The molecule has 1 saturated carbocycles. The number of aliphatic hydroxyl groups excluding tert-OH is 1. The third-order valence-corrected chi connectivity index (χ3v) is 2.96. The Bertz CT molecular complexity index is 218. The molecule has 0 heterocycles. The first kappa shape index (κ1) is 12.5. The number of aliphatic hydroxyl groups is 1. The summed E-state index contributed by atoms with van der Waals surface area (Å²) in [6.45, 7) is 3.66. The van der Waals surface area contributed by atoms with Crippen molar-refractivity contribution in [2.45, 2.75) is 57.8 Å². The van der Waals surface area contributed by atoms with Crippen LogP contribution in [0, 0.1) is 5.92 Å². The third-order valence-electron chi connectivity index (χ3n) is 2.96. The van der Waals surface area contributed by atoms with Gasteiger partial charge in [0.2, 0.25) is 0 Å². The molecule has 1 aliphatic rings. The van der Waals surface area contributed by atoms with Gasteiger partial charge in [-0.15, -0.1) is 0 Å².